The second-order valence-electron chi connectivity index (χ2n) is 9.40. The Hall–Kier alpha value is -3.68. The molecule has 0 bridgehead atoms. The molecule has 2 aliphatic heterocycles. The maximum atomic E-state index is 13.2. The van der Waals surface area contributed by atoms with Crippen molar-refractivity contribution in [1.29, 1.82) is 0 Å². The van der Waals surface area contributed by atoms with Crippen LogP contribution in [0.2, 0.25) is 0 Å². The number of rotatable bonds is 7. The summed E-state index contributed by atoms with van der Waals surface area (Å²) in [7, 11) is 0. The fraction of sp³-hybridized carbons (Fsp3) is 0.407. The van der Waals surface area contributed by atoms with E-state index in [1.807, 2.05) is 54.6 Å². The van der Waals surface area contributed by atoms with Gasteiger partial charge in [-0.3, -0.25) is 19.3 Å². The molecule has 5 amide bonds. The van der Waals surface area contributed by atoms with Gasteiger partial charge >= 0.3 is 6.03 Å². The maximum absolute atomic E-state index is 13.2. The first-order chi connectivity index (χ1) is 16.8. The van der Waals surface area contributed by atoms with Crippen LogP contribution in [0, 0.1) is 5.92 Å². The Kier molecular flexibility index (Phi) is 7.19. The average Bonchev–Trinajstić information content (AvgIpc) is 3.09. The van der Waals surface area contributed by atoms with Gasteiger partial charge in [-0.05, 0) is 49.4 Å². The van der Waals surface area contributed by atoms with Crippen LogP contribution < -0.4 is 10.6 Å². The van der Waals surface area contributed by atoms with Crippen molar-refractivity contribution in [3.63, 3.8) is 0 Å². The monoisotopic (exact) mass is 476 g/mol. The molecule has 2 fully saturated rings. The smallest absolute Gasteiger partial charge is 0.325 e. The van der Waals surface area contributed by atoms with Gasteiger partial charge in [-0.25, -0.2) is 4.79 Å². The average molecular weight is 477 g/mol. The molecule has 0 radical (unpaired) electrons. The summed E-state index contributed by atoms with van der Waals surface area (Å²) in [5, 5.41) is 5.68. The number of piperidine rings is 1. The SMILES string of the molecule is CCCc1ccc([C@@]2(C)NC(=O)N(CC(=O)N3CCC(C(=O)Nc4ccccc4)CC3)C2=O)cc1. The molecule has 2 aliphatic rings. The van der Waals surface area contributed by atoms with Gasteiger partial charge < -0.3 is 15.5 Å². The summed E-state index contributed by atoms with van der Waals surface area (Å²) >= 11 is 0. The van der Waals surface area contributed by atoms with Crippen molar-refractivity contribution in [2.75, 3.05) is 25.0 Å². The third-order valence-electron chi connectivity index (χ3n) is 6.90. The standard InChI is InChI=1S/C27H32N4O4/c1-3-7-19-10-12-21(13-11-19)27(2)25(34)31(26(35)29-27)18-23(32)30-16-14-20(15-17-30)24(33)28-22-8-5-4-6-9-22/h4-6,8-13,20H,3,7,14-18H2,1-2H3,(H,28,33)(H,29,35)/t27-/m1/s1. The van der Waals surface area contributed by atoms with Crippen molar-refractivity contribution in [2.24, 2.45) is 5.92 Å². The van der Waals surface area contributed by atoms with E-state index >= 15 is 0 Å². The summed E-state index contributed by atoms with van der Waals surface area (Å²) in [5.74, 6) is -0.970. The van der Waals surface area contributed by atoms with Crippen LogP contribution in [0.25, 0.3) is 0 Å². The van der Waals surface area contributed by atoms with E-state index in [0.29, 0.717) is 31.5 Å². The summed E-state index contributed by atoms with van der Waals surface area (Å²) in [5.41, 5.74) is 1.41. The zero-order chi connectivity index (χ0) is 25.0. The van der Waals surface area contributed by atoms with E-state index in [9.17, 15) is 19.2 Å². The Morgan fingerprint density at radius 2 is 1.69 bits per heavy atom. The second-order valence-corrected chi connectivity index (χ2v) is 9.40. The number of para-hydroxylation sites is 1. The van der Waals surface area contributed by atoms with Gasteiger partial charge in [0.25, 0.3) is 5.91 Å². The third kappa shape index (κ3) is 5.21. The lowest BCUT2D eigenvalue weighted by atomic mass is 9.91. The number of amides is 5. The zero-order valence-electron chi connectivity index (χ0n) is 20.3. The van der Waals surface area contributed by atoms with Crippen LogP contribution in [0.15, 0.2) is 54.6 Å². The van der Waals surface area contributed by atoms with Crippen molar-refractivity contribution in [2.45, 2.75) is 45.1 Å². The van der Waals surface area contributed by atoms with Crippen molar-refractivity contribution in [1.82, 2.24) is 15.1 Å². The fourth-order valence-corrected chi connectivity index (χ4v) is 4.72. The number of carbonyl (C=O) groups excluding carboxylic acids is 4. The highest BCUT2D eigenvalue weighted by molar-refractivity contribution is 6.09. The molecular weight excluding hydrogens is 444 g/mol. The molecule has 0 aliphatic carbocycles. The zero-order valence-corrected chi connectivity index (χ0v) is 20.3. The number of anilines is 1. The Bertz CT molecular complexity index is 1090. The fourth-order valence-electron chi connectivity index (χ4n) is 4.72. The Morgan fingerprint density at radius 3 is 2.31 bits per heavy atom. The molecule has 0 saturated carbocycles. The molecule has 0 aromatic heterocycles. The number of hydrogen-bond donors (Lipinski definition) is 2. The summed E-state index contributed by atoms with van der Waals surface area (Å²) in [6.45, 7) is 4.28. The Morgan fingerprint density at radius 1 is 1.03 bits per heavy atom. The van der Waals surface area contributed by atoms with Crippen molar-refractivity contribution >= 4 is 29.4 Å². The highest BCUT2D eigenvalue weighted by Crippen LogP contribution is 2.29. The summed E-state index contributed by atoms with van der Waals surface area (Å²) in [4.78, 5) is 54.0. The van der Waals surface area contributed by atoms with Gasteiger partial charge in [0.05, 0.1) is 0 Å². The van der Waals surface area contributed by atoms with E-state index in [-0.39, 0.29) is 24.3 Å². The molecule has 0 unspecified atom stereocenters. The van der Waals surface area contributed by atoms with E-state index in [2.05, 4.69) is 17.6 Å². The topological polar surface area (TPSA) is 98.8 Å². The number of aryl methyl sites for hydroxylation is 1. The number of nitrogens with zero attached hydrogens (tertiary/aromatic N) is 2. The maximum Gasteiger partial charge on any atom is 0.325 e. The number of urea groups is 1. The largest absolute Gasteiger partial charge is 0.341 e. The molecule has 1 atom stereocenters. The van der Waals surface area contributed by atoms with Crippen molar-refractivity contribution in [3.05, 3.63) is 65.7 Å². The highest BCUT2D eigenvalue weighted by atomic mass is 16.2. The predicted molar refractivity (Wildman–Crippen MR) is 132 cm³/mol. The van der Waals surface area contributed by atoms with Gasteiger partial charge in [0.15, 0.2) is 0 Å². The minimum atomic E-state index is -1.20. The number of hydrogen-bond acceptors (Lipinski definition) is 4. The first-order valence-corrected chi connectivity index (χ1v) is 12.2. The van der Waals surface area contributed by atoms with Crippen LogP contribution in [0.5, 0.6) is 0 Å². The summed E-state index contributed by atoms with van der Waals surface area (Å²) < 4.78 is 0. The van der Waals surface area contributed by atoms with Crippen molar-refractivity contribution < 1.29 is 19.2 Å². The normalized spacial score (nSPS) is 20.6. The predicted octanol–water partition coefficient (Wildman–Crippen LogP) is 3.28. The minimum Gasteiger partial charge on any atom is -0.341 e. The molecule has 184 valence electrons. The van der Waals surface area contributed by atoms with E-state index in [0.717, 1.165) is 23.4 Å². The van der Waals surface area contributed by atoms with Gasteiger partial charge in [-0.1, -0.05) is 55.8 Å². The molecule has 4 rings (SSSR count). The molecule has 0 spiro atoms. The Balaban J connectivity index is 1.33. The van der Waals surface area contributed by atoms with Gasteiger partial charge in [0, 0.05) is 24.7 Å². The van der Waals surface area contributed by atoms with Crippen LogP contribution in [0.3, 0.4) is 0 Å². The number of nitrogens with one attached hydrogen (secondary N) is 2. The van der Waals surface area contributed by atoms with Crippen LogP contribution in [0.4, 0.5) is 10.5 Å². The van der Waals surface area contributed by atoms with Crippen LogP contribution in [-0.2, 0) is 26.3 Å². The second kappa shape index (κ2) is 10.3. The van der Waals surface area contributed by atoms with Gasteiger partial charge in [-0.2, -0.15) is 0 Å². The van der Waals surface area contributed by atoms with E-state index in [1.165, 1.54) is 5.56 Å². The molecule has 2 aromatic carbocycles. The molecule has 8 heteroatoms. The quantitative estimate of drug-likeness (QED) is 0.599. The summed E-state index contributed by atoms with van der Waals surface area (Å²) in [6.07, 6.45) is 3.04. The summed E-state index contributed by atoms with van der Waals surface area (Å²) in [6, 6.07) is 16.4. The lowest BCUT2D eigenvalue weighted by Crippen LogP contribution is -2.47. The molecule has 2 aromatic rings. The Labute approximate surface area is 205 Å². The molecule has 2 heterocycles. The van der Waals surface area contributed by atoms with E-state index < -0.39 is 17.5 Å². The molecule has 35 heavy (non-hydrogen) atoms. The first-order valence-electron chi connectivity index (χ1n) is 12.2. The van der Waals surface area contributed by atoms with E-state index in [4.69, 9.17) is 0 Å². The van der Waals surface area contributed by atoms with Crippen molar-refractivity contribution in [3.8, 4) is 0 Å². The van der Waals surface area contributed by atoms with Gasteiger partial charge in [0.2, 0.25) is 11.8 Å². The molecular formula is C27H32N4O4. The van der Waals surface area contributed by atoms with Crippen LogP contribution in [0.1, 0.15) is 44.2 Å². The first kappa shape index (κ1) is 24.4. The van der Waals surface area contributed by atoms with Gasteiger partial charge in [0.1, 0.15) is 12.1 Å². The number of imide groups is 1. The lowest BCUT2D eigenvalue weighted by Gasteiger charge is -2.32. The highest BCUT2D eigenvalue weighted by Gasteiger charge is 2.49. The number of carbonyl (C=O) groups is 4. The molecule has 2 saturated heterocycles. The number of benzene rings is 2. The third-order valence-corrected chi connectivity index (χ3v) is 6.90. The van der Waals surface area contributed by atoms with E-state index in [1.54, 1.807) is 11.8 Å². The molecule has 8 nitrogen and oxygen atoms in total. The number of likely N-dealkylation sites (tertiary alicyclic amines) is 1. The molecule has 2 N–H and O–H groups in total. The van der Waals surface area contributed by atoms with Crippen LogP contribution >= 0.6 is 0 Å². The minimum absolute atomic E-state index is 0.0573. The van der Waals surface area contributed by atoms with Gasteiger partial charge in [-0.15, -0.1) is 0 Å². The van der Waals surface area contributed by atoms with Crippen LogP contribution in [-0.4, -0.2) is 53.2 Å². The lowest BCUT2D eigenvalue weighted by molar-refractivity contribution is -0.140.